The molecule has 2 aromatic heterocycles. The molecule has 2 atom stereocenters. The van der Waals surface area contributed by atoms with Crippen molar-refractivity contribution in [3.63, 3.8) is 0 Å². The van der Waals surface area contributed by atoms with Gasteiger partial charge in [-0.1, -0.05) is 11.6 Å². The maximum absolute atomic E-state index is 6.11. The first-order valence-corrected chi connectivity index (χ1v) is 8.04. The summed E-state index contributed by atoms with van der Waals surface area (Å²) in [6, 6.07) is 0. The van der Waals surface area contributed by atoms with Gasteiger partial charge < -0.3 is 10.1 Å². The van der Waals surface area contributed by atoms with Crippen LogP contribution in [0, 0.1) is 12.8 Å². The van der Waals surface area contributed by atoms with Gasteiger partial charge in [-0.2, -0.15) is 5.10 Å². The van der Waals surface area contributed by atoms with Crippen molar-refractivity contribution in [3.05, 3.63) is 40.9 Å². The fraction of sp³-hybridized carbons (Fsp3) is 0.500. The minimum absolute atomic E-state index is 0.111. The molecular weight excluding hydrogens is 300 g/mol. The lowest BCUT2D eigenvalue weighted by Crippen LogP contribution is -2.18. The van der Waals surface area contributed by atoms with Crippen LogP contribution in [0.25, 0.3) is 0 Å². The fourth-order valence-corrected chi connectivity index (χ4v) is 2.99. The standard InChI is InChI=1S/C16H21ClN4O/c1-3-21-10-13(7-20-21)16-12(4-5-22-16)6-19-15-9-18-8-14(17)11(15)2/h7-10,12,16,19H,3-6H2,1-2H3/t12-,16+/m1/s1. The lowest BCUT2D eigenvalue weighted by Gasteiger charge is -2.19. The second-order valence-corrected chi connectivity index (χ2v) is 6.05. The molecule has 0 saturated carbocycles. The molecule has 6 heteroatoms. The van der Waals surface area contributed by atoms with Crippen LogP contribution < -0.4 is 5.32 Å². The Hall–Kier alpha value is -1.59. The third-order valence-corrected chi connectivity index (χ3v) is 4.61. The first kappa shape index (κ1) is 15.3. The van der Waals surface area contributed by atoms with Gasteiger partial charge in [-0.25, -0.2) is 0 Å². The van der Waals surface area contributed by atoms with Gasteiger partial charge in [0.15, 0.2) is 0 Å². The SMILES string of the molecule is CCn1cc([C@H]2OCC[C@@H]2CNc2cncc(Cl)c2C)cn1. The molecule has 1 N–H and O–H groups in total. The molecule has 1 saturated heterocycles. The minimum atomic E-state index is 0.111. The van der Waals surface area contributed by atoms with E-state index < -0.39 is 0 Å². The van der Waals surface area contributed by atoms with Gasteiger partial charge >= 0.3 is 0 Å². The first-order valence-electron chi connectivity index (χ1n) is 7.67. The van der Waals surface area contributed by atoms with Crippen LogP contribution in [0.15, 0.2) is 24.8 Å². The molecule has 0 unspecified atom stereocenters. The highest BCUT2D eigenvalue weighted by Gasteiger charge is 2.30. The van der Waals surface area contributed by atoms with E-state index in [1.165, 1.54) is 0 Å². The van der Waals surface area contributed by atoms with E-state index in [4.69, 9.17) is 16.3 Å². The molecule has 3 heterocycles. The molecule has 0 aromatic carbocycles. The monoisotopic (exact) mass is 320 g/mol. The first-order chi connectivity index (χ1) is 10.7. The highest BCUT2D eigenvalue weighted by atomic mass is 35.5. The quantitative estimate of drug-likeness (QED) is 0.916. The average molecular weight is 321 g/mol. The largest absolute Gasteiger partial charge is 0.383 e. The Balaban J connectivity index is 1.67. The van der Waals surface area contributed by atoms with Crippen molar-refractivity contribution in [1.29, 1.82) is 0 Å². The van der Waals surface area contributed by atoms with Crippen LogP contribution in [-0.2, 0) is 11.3 Å². The van der Waals surface area contributed by atoms with Crippen LogP contribution in [0.2, 0.25) is 5.02 Å². The Bertz CT molecular complexity index is 643. The number of anilines is 1. The number of ether oxygens (including phenoxy) is 1. The van der Waals surface area contributed by atoms with Gasteiger partial charge in [0.1, 0.15) is 0 Å². The normalized spacial score (nSPS) is 21.2. The summed E-state index contributed by atoms with van der Waals surface area (Å²) < 4.78 is 7.85. The Morgan fingerprint density at radius 2 is 2.27 bits per heavy atom. The molecule has 1 fully saturated rings. The smallest absolute Gasteiger partial charge is 0.0901 e. The van der Waals surface area contributed by atoms with Gasteiger partial charge in [0.05, 0.1) is 29.2 Å². The van der Waals surface area contributed by atoms with Gasteiger partial charge in [0.25, 0.3) is 0 Å². The summed E-state index contributed by atoms with van der Waals surface area (Å²) >= 11 is 6.11. The van der Waals surface area contributed by atoms with Crippen LogP contribution >= 0.6 is 11.6 Å². The number of pyridine rings is 1. The summed E-state index contributed by atoms with van der Waals surface area (Å²) in [6.07, 6.45) is 8.64. The van der Waals surface area contributed by atoms with Gasteiger partial charge in [-0.15, -0.1) is 0 Å². The lowest BCUT2D eigenvalue weighted by atomic mass is 9.97. The van der Waals surface area contributed by atoms with E-state index in [0.29, 0.717) is 10.9 Å². The maximum atomic E-state index is 6.11. The van der Waals surface area contributed by atoms with Gasteiger partial charge in [0.2, 0.25) is 0 Å². The van der Waals surface area contributed by atoms with E-state index in [2.05, 4.69) is 28.5 Å². The van der Waals surface area contributed by atoms with Crippen molar-refractivity contribution in [3.8, 4) is 0 Å². The molecule has 0 radical (unpaired) electrons. The third kappa shape index (κ3) is 3.10. The molecular formula is C16H21ClN4O. The number of nitrogens with one attached hydrogen (secondary N) is 1. The second kappa shape index (κ2) is 6.67. The third-order valence-electron chi connectivity index (χ3n) is 4.23. The minimum Gasteiger partial charge on any atom is -0.383 e. The Morgan fingerprint density at radius 1 is 1.41 bits per heavy atom. The molecule has 2 aromatic rings. The molecule has 0 spiro atoms. The zero-order chi connectivity index (χ0) is 15.5. The molecule has 118 valence electrons. The molecule has 1 aliphatic rings. The summed E-state index contributed by atoms with van der Waals surface area (Å²) in [5, 5.41) is 8.50. The summed E-state index contributed by atoms with van der Waals surface area (Å²) in [6.45, 7) is 6.59. The predicted molar refractivity (Wildman–Crippen MR) is 87.2 cm³/mol. The van der Waals surface area contributed by atoms with Crippen LogP contribution in [0.4, 0.5) is 5.69 Å². The Kier molecular flexibility index (Phi) is 4.64. The van der Waals surface area contributed by atoms with Crippen LogP contribution in [0.3, 0.4) is 0 Å². The number of aryl methyl sites for hydroxylation is 1. The number of hydrogen-bond acceptors (Lipinski definition) is 4. The summed E-state index contributed by atoms with van der Waals surface area (Å²) in [7, 11) is 0. The molecule has 0 amide bonds. The van der Waals surface area contributed by atoms with Crippen molar-refractivity contribution in [2.45, 2.75) is 32.9 Å². The maximum Gasteiger partial charge on any atom is 0.0901 e. The zero-order valence-corrected chi connectivity index (χ0v) is 13.7. The molecule has 1 aliphatic heterocycles. The van der Waals surface area contributed by atoms with Crippen LogP contribution in [-0.4, -0.2) is 27.9 Å². The average Bonchev–Trinajstić information content (AvgIpc) is 3.16. The van der Waals surface area contributed by atoms with E-state index in [1.54, 1.807) is 6.20 Å². The Morgan fingerprint density at radius 3 is 3.05 bits per heavy atom. The van der Waals surface area contributed by atoms with Gasteiger partial charge in [-0.05, 0) is 25.8 Å². The van der Waals surface area contributed by atoms with Crippen molar-refractivity contribution in [1.82, 2.24) is 14.8 Å². The van der Waals surface area contributed by atoms with E-state index in [0.717, 1.165) is 42.9 Å². The topological polar surface area (TPSA) is 52.0 Å². The van der Waals surface area contributed by atoms with E-state index in [1.807, 2.05) is 24.0 Å². The summed E-state index contributed by atoms with van der Waals surface area (Å²) in [4.78, 5) is 4.14. The molecule has 3 rings (SSSR count). The number of halogens is 1. The molecule has 0 bridgehead atoms. The number of nitrogens with zero attached hydrogens (tertiary/aromatic N) is 3. The van der Waals surface area contributed by atoms with Crippen molar-refractivity contribution in [2.75, 3.05) is 18.5 Å². The second-order valence-electron chi connectivity index (χ2n) is 5.64. The van der Waals surface area contributed by atoms with Crippen molar-refractivity contribution < 1.29 is 4.74 Å². The van der Waals surface area contributed by atoms with E-state index in [-0.39, 0.29) is 6.10 Å². The van der Waals surface area contributed by atoms with E-state index >= 15 is 0 Å². The Labute approximate surface area is 135 Å². The van der Waals surface area contributed by atoms with Crippen LogP contribution in [0.5, 0.6) is 0 Å². The molecule has 22 heavy (non-hydrogen) atoms. The highest BCUT2D eigenvalue weighted by Crippen LogP contribution is 2.34. The van der Waals surface area contributed by atoms with E-state index in [9.17, 15) is 0 Å². The fourth-order valence-electron chi connectivity index (χ4n) is 2.83. The van der Waals surface area contributed by atoms with Crippen molar-refractivity contribution >= 4 is 17.3 Å². The lowest BCUT2D eigenvalue weighted by molar-refractivity contribution is 0.0932. The summed E-state index contributed by atoms with van der Waals surface area (Å²) in [5.74, 6) is 0.424. The number of aromatic nitrogens is 3. The van der Waals surface area contributed by atoms with Gasteiger partial charge in [0, 0.05) is 43.6 Å². The zero-order valence-electron chi connectivity index (χ0n) is 12.9. The number of hydrogen-bond donors (Lipinski definition) is 1. The molecule has 5 nitrogen and oxygen atoms in total. The molecule has 0 aliphatic carbocycles. The predicted octanol–water partition coefficient (Wildman–Crippen LogP) is 3.45. The van der Waals surface area contributed by atoms with Crippen LogP contribution in [0.1, 0.15) is 30.6 Å². The number of rotatable bonds is 5. The summed E-state index contributed by atoms with van der Waals surface area (Å²) in [5.41, 5.74) is 3.18. The highest BCUT2D eigenvalue weighted by molar-refractivity contribution is 6.31. The van der Waals surface area contributed by atoms with Gasteiger partial charge in [-0.3, -0.25) is 9.67 Å². The van der Waals surface area contributed by atoms with Crippen molar-refractivity contribution in [2.24, 2.45) is 5.92 Å².